The van der Waals surface area contributed by atoms with Gasteiger partial charge in [0.05, 0.1) is 5.02 Å². The predicted octanol–water partition coefficient (Wildman–Crippen LogP) is 3.02. The van der Waals surface area contributed by atoms with Crippen LogP contribution in [0.1, 0.15) is 51.4 Å². The number of halogens is 1. The Kier molecular flexibility index (Phi) is 7.54. The molecule has 0 atom stereocenters. The summed E-state index contributed by atoms with van der Waals surface area (Å²) < 4.78 is 27.2. The van der Waals surface area contributed by atoms with Crippen LogP contribution in [0.2, 0.25) is 5.02 Å². The highest BCUT2D eigenvalue weighted by Crippen LogP contribution is 2.29. The Morgan fingerprint density at radius 3 is 2.79 bits per heavy atom. The molecule has 2 fully saturated rings. The zero-order valence-corrected chi connectivity index (χ0v) is 17.7. The summed E-state index contributed by atoms with van der Waals surface area (Å²) >= 11 is 6.29. The average Bonchev–Trinajstić information content (AvgIpc) is 3.16. The highest BCUT2D eigenvalue weighted by atomic mass is 35.5. The Morgan fingerprint density at radius 1 is 1.25 bits per heavy atom. The lowest BCUT2D eigenvalue weighted by Gasteiger charge is -2.24. The van der Waals surface area contributed by atoms with Gasteiger partial charge in [-0.25, -0.2) is 13.4 Å². The maximum absolute atomic E-state index is 12.9. The number of aromatic nitrogens is 1. The van der Waals surface area contributed by atoms with E-state index >= 15 is 0 Å². The average molecular weight is 429 g/mol. The lowest BCUT2D eigenvalue weighted by Crippen LogP contribution is -2.40. The third-order valence-corrected chi connectivity index (χ3v) is 7.66. The molecule has 1 aliphatic heterocycles. The van der Waals surface area contributed by atoms with Crippen molar-refractivity contribution in [3.8, 4) is 0 Å². The van der Waals surface area contributed by atoms with Crippen molar-refractivity contribution in [3.63, 3.8) is 0 Å². The van der Waals surface area contributed by atoms with Crippen molar-refractivity contribution in [2.75, 3.05) is 31.5 Å². The van der Waals surface area contributed by atoms with E-state index in [1.807, 2.05) is 0 Å². The molecule has 0 bridgehead atoms. The van der Waals surface area contributed by atoms with E-state index in [0.717, 1.165) is 18.9 Å². The molecule has 0 aromatic carbocycles. The summed E-state index contributed by atoms with van der Waals surface area (Å²) in [6.45, 7) is 1.78. The molecular weight excluding hydrogens is 400 g/mol. The van der Waals surface area contributed by atoms with Gasteiger partial charge in [0, 0.05) is 38.8 Å². The first kappa shape index (κ1) is 21.3. The van der Waals surface area contributed by atoms with E-state index in [4.69, 9.17) is 11.6 Å². The SMILES string of the molecule is O=C1CCN(S(=O)(=O)c2cnc(NCCCC3CCCC3)c(Cl)c2)CCCN1. The minimum absolute atomic E-state index is 0.0648. The van der Waals surface area contributed by atoms with Crippen LogP contribution in [0.15, 0.2) is 17.2 Å². The molecule has 0 unspecified atom stereocenters. The number of carbonyl (C=O) groups is 1. The van der Waals surface area contributed by atoms with Crippen LogP contribution in [0, 0.1) is 5.92 Å². The fraction of sp³-hybridized carbons (Fsp3) is 0.684. The number of rotatable bonds is 7. The largest absolute Gasteiger partial charge is 0.369 e. The van der Waals surface area contributed by atoms with Crippen molar-refractivity contribution in [1.82, 2.24) is 14.6 Å². The first-order chi connectivity index (χ1) is 13.5. The van der Waals surface area contributed by atoms with Crippen LogP contribution in [-0.2, 0) is 14.8 Å². The summed E-state index contributed by atoms with van der Waals surface area (Å²) in [6.07, 6.45) is 9.71. The lowest BCUT2D eigenvalue weighted by molar-refractivity contribution is -0.121. The zero-order valence-electron chi connectivity index (χ0n) is 16.1. The second-order valence-corrected chi connectivity index (χ2v) is 9.92. The summed E-state index contributed by atoms with van der Waals surface area (Å²) in [5, 5.41) is 6.27. The number of hydrogen-bond donors (Lipinski definition) is 2. The van der Waals surface area contributed by atoms with Crippen molar-refractivity contribution in [3.05, 3.63) is 17.3 Å². The predicted molar refractivity (Wildman–Crippen MR) is 110 cm³/mol. The number of nitrogens with one attached hydrogen (secondary N) is 2. The van der Waals surface area contributed by atoms with E-state index < -0.39 is 10.0 Å². The number of amides is 1. The molecule has 2 aliphatic rings. The van der Waals surface area contributed by atoms with Gasteiger partial charge in [-0.15, -0.1) is 0 Å². The normalized spacial score (nSPS) is 19.8. The number of anilines is 1. The van der Waals surface area contributed by atoms with Gasteiger partial charge < -0.3 is 10.6 Å². The summed E-state index contributed by atoms with van der Waals surface area (Å²) in [7, 11) is -3.72. The van der Waals surface area contributed by atoms with Gasteiger partial charge in [0.1, 0.15) is 10.7 Å². The second-order valence-electron chi connectivity index (χ2n) is 7.58. The van der Waals surface area contributed by atoms with Gasteiger partial charge in [0.15, 0.2) is 0 Å². The quantitative estimate of drug-likeness (QED) is 0.651. The Bertz CT molecular complexity index is 781. The summed E-state index contributed by atoms with van der Waals surface area (Å²) in [6, 6.07) is 1.45. The van der Waals surface area contributed by atoms with Crippen LogP contribution in [0.3, 0.4) is 0 Å². The maximum Gasteiger partial charge on any atom is 0.244 e. The van der Waals surface area contributed by atoms with Crippen LogP contribution >= 0.6 is 11.6 Å². The molecule has 2 N–H and O–H groups in total. The van der Waals surface area contributed by atoms with Crippen molar-refractivity contribution < 1.29 is 13.2 Å². The molecule has 1 saturated carbocycles. The molecule has 1 aromatic heterocycles. The molecule has 1 aromatic rings. The molecule has 156 valence electrons. The third-order valence-electron chi connectivity index (χ3n) is 5.50. The van der Waals surface area contributed by atoms with Crippen molar-refractivity contribution in [1.29, 1.82) is 0 Å². The topological polar surface area (TPSA) is 91.4 Å². The number of nitrogens with zero attached hydrogens (tertiary/aromatic N) is 2. The highest BCUT2D eigenvalue weighted by molar-refractivity contribution is 7.89. The molecule has 3 rings (SSSR count). The Labute approximate surface area is 172 Å². The van der Waals surface area contributed by atoms with E-state index in [-0.39, 0.29) is 23.8 Å². The molecule has 1 saturated heterocycles. The van der Waals surface area contributed by atoms with E-state index in [1.54, 1.807) is 0 Å². The molecule has 1 amide bonds. The fourth-order valence-electron chi connectivity index (χ4n) is 3.89. The van der Waals surface area contributed by atoms with Crippen LogP contribution in [-0.4, -0.2) is 49.8 Å². The van der Waals surface area contributed by atoms with E-state index in [0.29, 0.717) is 30.4 Å². The Morgan fingerprint density at radius 2 is 2.04 bits per heavy atom. The number of hydrogen-bond acceptors (Lipinski definition) is 5. The summed E-state index contributed by atoms with van der Waals surface area (Å²) in [4.78, 5) is 15.9. The van der Waals surface area contributed by atoms with Gasteiger partial charge in [-0.05, 0) is 31.2 Å². The van der Waals surface area contributed by atoms with Crippen LogP contribution < -0.4 is 10.6 Å². The molecule has 7 nitrogen and oxygen atoms in total. The number of pyridine rings is 1. The molecular formula is C19H29ClN4O3S. The Balaban J connectivity index is 1.59. The van der Waals surface area contributed by atoms with Crippen LogP contribution in [0.25, 0.3) is 0 Å². The van der Waals surface area contributed by atoms with Crippen LogP contribution in [0.4, 0.5) is 5.82 Å². The van der Waals surface area contributed by atoms with E-state index in [1.165, 1.54) is 48.7 Å². The van der Waals surface area contributed by atoms with Crippen molar-refractivity contribution >= 4 is 33.3 Å². The van der Waals surface area contributed by atoms with Gasteiger partial charge in [-0.1, -0.05) is 37.3 Å². The van der Waals surface area contributed by atoms with Crippen molar-refractivity contribution in [2.45, 2.75) is 56.3 Å². The van der Waals surface area contributed by atoms with Gasteiger partial charge in [-0.2, -0.15) is 4.31 Å². The monoisotopic (exact) mass is 428 g/mol. The van der Waals surface area contributed by atoms with Crippen LogP contribution in [0.5, 0.6) is 0 Å². The smallest absolute Gasteiger partial charge is 0.244 e. The first-order valence-electron chi connectivity index (χ1n) is 10.1. The standard InChI is InChI=1S/C19H29ClN4O3S/c20-17-13-16(28(26,27)24-11-4-10-21-18(25)8-12-24)14-23-19(17)22-9-3-7-15-5-1-2-6-15/h13-15H,1-12H2,(H,21,25)(H,22,23). The third kappa shape index (κ3) is 5.58. The zero-order chi connectivity index (χ0) is 20.0. The Hall–Kier alpha value is -1.38. The molecule has 0 spiro atoms. The minimum Gasteiger partial charge on any atom is -0.369 e. The van der Waals surface area contributed by atoms with Gasteiger partial charge in [0.2, 0.25) is 15.9 Å². The summed E-state index contributed by atoms with van der Waals surface area (Å²) in [5.41, 5.74) is 0. The fourth-order valence-corrected chi connectivity index (χ4v) is 5.64. The summed E-state index contributed by atoms with van der Waals surface area (Å²) in [5.74, 6) is 1.23. The highest BCUT2D eigenvalue weighted by Gasteiger charge is 2.27. The second kappa shape index (κ2) is 9.89. The van der Waals surface area contributed by atoms with Gasteiger partial charge in [0.25, 0.3) is 0 Å². The number of carbonyl (C=O) groups excluding carboxylic acids is 1. The molecule has 28 heavy (non-hydrogen) atoms. The van der Waals surface area contributed by atoms with Crippen molar-refractivity contribution in [2.24, 2.45) is 5.92 Å². The molecule has 2 heterocycles. The van der Waals surface area contributed by atoms with E-state index in [9.17, 15) is 13.2 Å². The van der Waals surface area contributed by atoms with Gasteiger partial charge in [-0.3, -0.25) is 4.79 Å². The lowest BCUT2D eigenvalue weighted by atomic mass is 10.0. The molecule has 0 radical (unpaired) electrons. The first-order valence-corrected chi connectivity index (χ1v) is 11.9. The maximum atomic E-state index is 12.9. The van der Waals surface area contributed by atoms with Gasteiger partial charge >= 0.3 is 0 Å². The molecule has 1 aliphatic carbocycles. The number of sulfonamides is 1. The molecule has 9 heteroatoms. The minimum atomic E-state index is -3.72. The van der Waals surface area contributed by atoms with E-state index in [2.05, 4.69) is 15.6 Å².